The maximum atomic E-state index is 14.0. The lowest BCUT2D eigenvalue weighted by Crippen LogP contribution is -2.19. The first-order valence-corrected chi connectivity index (χ1v) is 9.19. The predicted octanol–water partition coefficient (Wildman–Crippen LogP) is 4.33. The fraction of sp³-hybridized carbons (Fsp3) is 0.381. The number of rotatable bonds is 2. The summed E-state index contributed by atoms with van der Waals surface area (Å²) in [7, 11) is 0. The Morgan fingerprint density at radius 2 is 1.89 bits per heavy atom. The number of hydrogen-bond donors (Lipinski definition) is 3. The third kappa shape index (κ3) is 3.81. The van der Waals surface area contributed by atoms with E-state index in [4.69, 9.17) is 5.11 Å². The Bertz CT molecular complexity index is 821. The molecule has 2 aromatic rings. The SMILES string of the molecule is CC1c2ccc(-c3c(F)cccc3F)cc2C2CNCC12.CCNC(=O)O. The quantitative estimate of drug-likeness (QED) is 0.733. The highest BCUT2D eigenvalue weighted by molar-refractivity contribution is 5.67. The van der Waals surface area contributed by atoms with Gasteiger partial charge in [-0.1, -0.05) is 31.2 Å². The fourth-order valence-electron chi connectivity index (χ4n) is 4.19. The number of hydrogen-bond acceptors (Lipinski definition) is 2. The van der Waals surface area contributed by atoms with E-state index in [0.29, 0.717) is 29.9 Å². The molecule has 1 amide bonds. The Balaban J connectivity index is 0.000000307. The third-order valence-electron chi connectivity index (χ3n) is 5.46. The summed E-state index contributed by atoms with van der Waals surface area (Å²) in [5, 5.41) is 13.4. The monoisotopic (exact) mass is 374 g/mol. The van der Waals surface area contributed by atoms with Crippen molar-refractivity contribution < 1.29 is 18.7 Å². The van der Waals surface area contributed by atoms with Crippen LogP contribution in [-0.2, 0) is 0 Å². The van der Waals surface area contributed by atoms with Gasteiger partial charge in [0.15, 0.2) is 0 Å². The molecule has 1 saturated heterocycles. The maximum Gasteiger partial charge on any atom is 0.404 e. The Morgan fingerprint density at radius 3 is 2.48 bits per heavy atom. The van der Waals surface area contributed by atoms with Crippen LogP contribution in [0.4, 0.5) is 13.6 Å². The standard InChI is InChI=1S/C18H17F2N.C3H7NO2/c1-10-12-6-5-11(18-16(19)3-2-4-17(18)20)7-13(12)15-9-21-8-14(10)15;1-2-4-3(5)6/h2-7,10,14-15,21H,8-9H2,1H3;4H,2H2,1H3,(H,5,6). The van der Waals surface area contributed by atoms with Crippen LogP contribution in [0.15, 0.2) is 36.4 Å². The van der Waals surface area contributed by atoms with E-state index < -0.39 is 17.7 Å². The van der Waals surface area contributed by atoms with Gasteiger partial charge in [-0.25, -0.2) is 13.6 Å². The zero-order valence-corrected chi connectivity index (χ0v) is 15.4. The van der Waals surface area contributed by atoms with Crippen LogP contribution in [-0.4, -0.2) is 30.8 Å². The van der Waals surface area contributed by atoms with E-state index in [-0.39, 0.29) is 5.56 Å². The first kappa shape index (κ1) is 19.3. The molecule has 1 heterocycles. The molecule has 2 aliphatic rings. The second kappa shape index (κ2) is 8.05. The number of amides is 1. The number of carboxylic acid groups (broad SMARTS) is 1. The number of halogens is 2. The van der Waals surface area contributed by atoms with E-state index in [9.17, 15) is 13.6 Å². The van der Waals surface area contributed by atoms with Crippen LogP contribution in [0.3, 0.4) is 0 Å². The summed E-state index contributed by atoms with van der Waals surface area (Å²) >= 11 is 0. The van der Waals surface area contributed by atoms with Gasteiger partial charge in [0.2, 0.25) is 0 Å². The van der Waals surface area contributed by atoms with E-state index in [2.05, 4.69) is 23.6 Å². The lowest BCUT2D eigenvalue weighted by molar-refractivity contribution is 0.195. The number of carbonyl (C=O) groups is 1. The van der Waals surface area contributed by atoms with Crippen LogP contribution in [0.5, 0.6) is 0 Å². The van der Waals surface area contributed by atoms with Crippen molar-refractivity contribution >= 4 is 6.09 Å². The molecule has 6 heteroatoms. The van der Waals surface area contributed by atoms with Gasteiger partial charge in [0, 0.05) is 19.0 Å². The molecular weight excluding hydrogens is 350 g/mol. The fourth-order valence-corrected chi connectivity index (χ4v) is 4.19. The molecule has 27 heavy (non-hydrogen) atoms. The van der Waals surface area contributed by atoms with E-state index in [1.807, 2.05) is 12.1 Å². The van der Waals surface area contributed by atoms with Gasteiger partial charge in [0.1, 0.15) is 11.6 Å². The zero-order valence-electron chi connectivity index (χ0n) is 15.4. The average molecular weight is 374 g/mol. The normalized spacial score (nSPS) is 22.4. The summed E-state index contributed by atoms with van der Waals surface area (Å²) in [6.45, 7) is 6.46. The lowest BCUT2D eigenvalue weighted by atomic mass is 9.91. The van der Waals surface area contributed by atoms with Crippen LogP contribution in [0.2, 0.25) is 0 Å². The Morgan fingerprint density at radius 1 is 1.19 bits per heavy atom. The van der Waals surface area contributed by atoms with Crippen LogP contribution >= 0.6 is 0 Å². The summed E-state index contributed by atoms with van der Waals surface area (Å²) in [5.41, 5.74) is 3.33. The van der Waals surface area contributed by atoms with Crippen molar-refractivity contribution in [2.24, 2.45) is 5.92 Å². The van der Waals surface area contributed by atoms with Crippen molar-refractivity contribution in [2.75, 3.05) is 19.6 Å². The molecule has 3 atom stereocenters. The summed E-state index contributed by atoms with van der Waals surface area (Å²) in [4.78, 5) is 9.49. The van der Waals surface area contributed by atoms with Gasteiger partial charge in [-0.3, -0.25) is 0 Å². The molecule has 4 rings (SSSR count). The molecule has 3 unspecified atom stereocenters. The van der Waals surface area contributed by atoms with Gasteiger partial charge in [-0.05, 0) is 54.1 Å². The van der Waals surface area contributed by atoms with Crippen LogP contribution < -0.4 is 10.6 Å². The van der Waals surface area contributed by atoms with Gasteiger partial charge >= 0.3 is 6.09 Å². The van der Waals surface area contributed by atoms with Crippen molar-refractivity contribution in [3.05, 3.63) is 59.2 Å². The molecule has 0 radical (unpaired) electrons. The summed E-state index contributed by atoms with van der Waals surface area (Å²) in [6, 6.07) is 9.93. The number of benzene rings is 2. The highest BCUT2D eigenvalue weighted by Gasteiger charge is 2.41. The molecule has 0 bridgehead atoms. The minimum Gasteiger partial charge on any atom is -0.465 e. The first-order chi connectivity index (χ1) is 12.9. The summed E-state index contributed by atoms with van der Waals surface area (Å²) in [5.74, 6) is 0.606. The minimum absolute atomic E-state index is 0.0855. The highest BCUT2D eigenvalue weighted by atomic mass is 19.1. The van der Waals surface area contributed by atoms with Crippen LogP contribution in [0.25, 0.3) is 11.1 Å². The van der Waals surface area contributed by atoms with E-state index in [1.165, 1.54) is 29.3 Å². The van der Waals surface area contributed by atoms with Crippen molar-refractivity contribution in [1.29, 1.82) is 0 Å². The largest absolute Gasteiger partial charge is 0.465 e. The Kier molecular flexibility index (Phi) is 5.75. The topological polar surface area (TPSA) is 61.4 Å². The molecule has 0 spiro atoms. The highest BCUT2D eigenvalue weighted by Crippen LogP contribution is 2.49. The summed E-state index contributed by atoms with van der Waals surface area (Å²) in [6.07, 6.45) is -0.961. The molecule has 2 aromatic carbocycles. The zero-order chi connectivity index (χ0) is 19.6. The Labute approximate surface area is 157 Å². The molecule has 1 fully saturated rings. The average Bonchev–Trinajstić information content (AvgIpc) is 3.19. The van der Waals surface area contributed by atoms with Crippen LogP contribution in [0, 0.1) is 17.6 Å². The molecule has 0 saturated carbocycles. The second-order valence-electron chi connectivity index (χ2n) is 6.99. The first-order valence-electron chi connectivity index (χ1n) is 9.19. The lowest BCUT2D eigenvalue weighted by Gasteiger charge is -2.12. The molecule has 4 nitrogen and oxygen atoms in total. The van der Waals surface area contributed by atoms with Gasteiger partial charge in [0.25, 0.3) is 0 Å². The van der Waals surface area contributed by atoms with Crippen molar-refractivity contribution in [2.45, 2.75) is 25.7 Å². The molecular formula is C21H24F2N2O2. The van der Waals surface area contributed by atoms with Crippen molar-refractivity contribution in [1.82, 2.24) is 10.6 Å². The molecule has 0 aromatic heterocycles. The third-order valence-corrected chi connectivity index (χ3v) is 5.46. The second-order valence-corrected chi connectivity index (χ2v) is 6.99. The summed E-state index contributed by atoms with van der Waals surface area (Å²) < 4.78 is 28.0. The number of nitrogens with one attached hydrogen (secondary N) is 2. The van der Waals surface area contributed by atoms with Gasteiger partial charge < -0.3 is 15.7 Å². The van der Waals surface area contributed by atoms with Gasteiger partial charge in [0.05, 0.1) is 5.56 Å². The van der Waals surface area contributed by atoms with E-state index in [0.717, 1.165) is 13.1 Å². The molecule has 1 aliphatic heterocycles. The maximum absolute atomic E-state index is 14.0. The van der Waals surface area contributed by atoms with Gasteiger partial charge in [-0.2, -0.15) is 0 Å². The minimum atomic E-state index is -0.961. The van der Waals surface area contributed by atoms with Crippen molar-refractivity contribution in [3.8, 4) is 11.1 Å². The van der Waals surface area contributed by atoms with Gasteiger partial charge in [-0.15, -0.1) is 0 Å². The van der Waals surface area contributed by atoms with E-state index in [1.54, 1.807) is 6.92 Å². The molecule has 144 valence electrons. The Hall–Kier alpha value is -2.47. The molecule has 1 aliphatic carbocycles. The molecule has 3 N–H and O–H groups in total. The van der Waals surface area contributed by atoms with Crippen LogP contribution in [0.1, 0.15) is 36.8 Å². The van der Waals surface area contributed by atoms with Crippen molar-refractivity contribution in [3.63, 3.8) is 0 Å². The van der Waals surface area contributed by atoms with E-state index >= 15 is 0 Å². The predicted molar refractivity (Wildman–Crippen MR) is 101 cm³/mol. The number of fused-ring (bicyclic) bond motifs is 3. The smallest absolute Gasteiger partial charge is 0.404 e.